The lowest BCUT2D eigenvalue weighted by molar-refractivity contribution is -0.117. The van der Waals surface area contributed by atoms with Crippen molar-refractivity contribution in [3.63, 3.8) is 0 Å². The van der Waals surface area contributed by atoms with E-state index in [1.165, 1.54) is 28.6 Å². The summed E-state index contributed by atoms with van der Waals surface area (Å²) in [6.45, 7) is 1.78. The Hall–Kier alpha value is -1.34. The van der Waals surface area contributed by atoms with Gasteiger partial charge in [-0.2, -0.15) is 0 Å². The van der Waals surface area contributed by atoms with Crippen LogP contribution in [0.15, 0.2) is 9.95 Å². The van der Waals surface area contributed by atoms with Gasteiger partial charge in [0, 0.05) is 10.9 Å². The van der Waals surface area contributed by atoms with Gasteiger partial charge in [-0.15, -0.1) is 11.3 Å². The minimum absolute atomic E-state index is 0.0930. The van der Waals surface area contributed by atoms with Crippen molar-refractivity contribution in [3.8, 4) is 0 Å². The number of carbonyl (C=O) groups excluding carboxylic acids is 1. The van der Waals surface area contributed by atoms with Crippen LogP contribution in [-0.4, -0.2) is 20.7 Å². The molecule has 1 fully saturated rings. The van der Waals surface area contributed by atoms with Crippen molar-refractivity contribution < 1.29 is 4.79 Å². The third-order valence-electron chi connectivity index (χ3n) is 5.36. The zero-order valence-corrected chi connectivity index (χ0v) is 16.0. The van der Waals surface area contributed by atoms with Crippen LogP contribution in [0.1, 0.15) is 61.9 Å². The number of thiophene rings is 1. The van der Waals surface area contributed by atoms with Crippen LogP contribution in [0.25, 0.3) is 10.2 Å². The molecule has 0 aliphatic heterocycles. The molecule has 4 rings (SSSR count). The van der Waals surface area contributed by atoms with E-state index in [1.54, 1.807) is 18.3 Å². The first-order valence-electron chi connectivity index (χ1n) is 9.09. The molecule has 2 aliphatic rings. The van der Waals surface area contributed by atoms with Crippen molar-refractivity contribution in [2.24, 2.45) is 5.73 Å². The summed E-state index contributed by atoms with van der Waals surface area (Å²) < 4.78 is 1.88. The van der Waals surface area contributed by atoms with Gasteiger partial charge in [-0.3, -0.25) is 14.2 Å². The quantitative estimate of drug-likeness (QED) is 0.654. The van der Waals surface area contributed by atoms with Crippen LogP contribution in [-0.2, 0) is 17.6 Å². The number of fused-ring (bicyclic) bond motifs is 3. The highest BCUT2D eigenvalue weighted by atomic mass is 32.2. The molecule has 2 N–H and O–H groups in total. The Morgan fingerprint density at radius 3 is 2.72 bits per heavy atom. The van der Waals surface area contributed by atoms with Crippen molar-refractivity contribution in [2.75, 3.05) is 0 Å². The average Bonchev–Trinajstić information content (AvgIpc) is 3.21. The minimum atomic E-state index is -0.397. The molecule has 1 unspecified atom stereocenters. The third-order valence-corrected chi connectivity index (χ3v) is 7.63. The SMILES string of the molecule is CC(Sc1nc2sc3c(c2c(=O)n1C1CCCC1)CCCC3)C(N)=O. The van der Waals surface area contributed by atoms with Crippen LogP contribution < -0.4 is 11.3 Å². The Morgan fingerprint density at radius 2 is 2.00 bits per heavy atom. The highest BCUT2D eigenvalue weighted by molar-refractivity contribution is 8.00. The maximum Gasteiger partial charge on any atom is 0.263 e. The molecular formula is C18H23N3O2S2. The van der Waals surface area contributed by atoms with Crippen molar-refractivity contribution in [2.45, 2.75) is 74.7 Å². The van der Waals surface area contributed by atoms with Gasteiger partial charge in [0.05, 0.1) is 10.6 Å². The largest absolute Gasteiger partial charge is 0.369 e. The van der Waals surface area contributed by atoms with Gasteiger partial charge in [-0.25, -0.2) is 4.98 Å². The van der Waals surface area contributed by atoms with E-state index in [0.717, 1.165) is 55.2 Å². The first kappa shape index (κ1) is 17.1. The molecule has 1 amide bonds. The molecule has 2 heterocycles. The molecule has 7 heteroatoms. The summed E-state index contributed by atoms with van der Waals surface area (Å²) in [6, 6.07) is 0.200. The minimum Gasteiger partial charge on any atom is -0.369 e. The average molecular weight is 378 g/mol. The molecular weight excluding hydrogens is 354 g/mol. The maximum atomic E-state index is 13.4. The number of hydrogen-bond acceptors (Lipinski definition) is 5. The number of rotatable bonds is 4. The van der Waals surface area contributed by atoms with Gasteiger partial charge < -0.3 is 5.73 Å². The van der Waals surface area contributed by atoms with Gasteiger partial charge in [0.15, 0.2) is 5.16 Å². The summed E-state index contributed by atoms with van der Waals surface area (Å²) in [4.78, 5) is 32.0. The number of aryl methyl sites for hydroxylation is 2. The van der Waals surface area contributed by atoms with Crippen LogP contribution in [0.4, 0.5) is 0 Å². The highest BCUT2D eigenvalue weighted by Gasteiger charge is 2.28. The van der Waals surface area contributed by atoms with Crippen molar-refractivity contribution in [1.82, 2.24) is 9.55 Å². The first-order chi connectivity index (χ1) is 12.1. The van der Waals surface area contributed by atoms with E-state index >= 15 is 0 Å². The van der Waals surface area contributed by atoms with E-state index in [0.29, 0.717) is 5.16 Å². The molecule has 1 atom stereocenters. The summed E-state index contributed by atoms with van der Waals surface area (Å²) in [6.07, 6.45) is 8.70. The topological polar surface area (TPSA) is 78.0 Å². The number of primary amides is 1. The number of nitrogens with two attached hydrogens (primary N) is 1. The van der Waals surface area contributed by atoms with Gasteiger partial charge in [0.1, 0.15) is 4.83 Å². The number of amides is 1. The molecule has 0 saturated heterocycles. The molecule has 134 valence electrons. The predicted molar refractivity (Wildman–Crippen MR) is 103 cm³/mol. The molecule has 2 aromatic heterocycles. The summed E-state index contributed by atoms with van der Waals surface area (Å²) >= 11 is 2.98. The lowest BCUT2D eigenvalue weighted by Crippen LogP contribution is -2.29. The number of carbonyl (C=O) groups is 1. The van der Waals surface area contributed by atoms with E-state index < -0.39 is 5.25 Å². The summed E-state index contributed by atoms with van der Waals surface area (Å²) in [5.41, 5.74) is 6.77. The predicted octanol–water partition coefficient (Wildman–Crippen LogP) is 3.42. The standard InChI is InChI=1S/C18H23N3O2S2/c1-10(15(19)22)24-18-20-16-14(12-8-4-5-9-13(12)25-16)17(23)21(18)11-6-2-3-7-11/h10-11H,2-9H2,1H3,(H2,19,22). The fourth-order valence-corrected chi connectivity index (χ4v) is 6.21. The monoisotopic (exact) mass is 377 g/mol. The number of thioether (sulfide) groups is 1. The lowest BCUT2D eigenvalue weighted by Gasteiger charge is -2.19. The zero-order valence-electron chi connectivity index (χ0n) is 14.4. The van der Waals surface area contributed by atoms with Gasteiger partial charge in [0.2, 0.25) is 5.91 Å². The molecule has 1 saturated carbocycles. The summed E-state index contributed by atoms with van der Waals surface area (Å²) in [5.74, 6) is -0.372. The van der Waals surface area contributed by atoms with E-state index in [2.05, 4.69) is 0 Å². The van der Waals surface area contributed by atoms with Crippen LogP contribution in [0.3, 0.4) is 0 Å². The number of aromatic nitrogens is 2. The van der Waals surface area contributed by atoms with Crippen LogP contribution in [0, 0.1) is 0 Å². The second kappa shape index (κ2) is 6.76. The summed E-state index contributed by atoms with van der Waals surface area (Å²) in [7, 11) is 0. The molecule has 5 nitrogen and oxygen atoms in total. The summed E-state index contributed by atoms with van der Waals surface area (Å²) in [5, 5.41) is 1.10. The Labute approximate surface area is 155 Å². The number of nitrogens with zero attached hydrogens (tertiary/aromatic N) is 2. The molecule has 25 heavy (non-hydrogen) atoms. The van der Waals surface area contributed by atoms with Gasteiger partial charge in [-0.1, -0.05) is 24.6 Å². The second-order valence-corrected chi connectivity index (χ2v) is 9.45. The zero-order chi connectivity index (χ0) is 17.6. The van der Waals surface area contributed by atoms with Crippen LogP contribution in [0.5, 0.6) is 0 Å². The molecule has 0 radical (unpaired) electrons. The van der Waals surface area contributed by atoms with E-state index in [1.807, 2.05) is 4.57 Å². The Kier molecular flexibility index (Phi) is 4.62. The van der Waals surface area contributed by atoms with Crippen molar-refractivity contribution in [1.29, 1.82) is 0 Å². The van der Waals surface area contributed by atoms with Gasteiger partial charge in [-0.05, 0) is 51.0 Å². The Morgan fingerprint density at radius 1 is 1.28 bits per heavy atom. The van der Waals surface area contributed by atoms with Crippen LogP contribution >= 0.6 is 23.1 Å². The van der Waals surface area contributed by atoms with Crippen molar-refractivity contribution >= 4 is 39.2 Å². The molecule has 0 spiro atoms. The van der Waals surface area contributed by atoms with Gasteiger partial charge >= 0.3 is 0 Å². The Balaban J connectivity index is 1.91. The fourth-order valence-electron chi connectivity index (χ4n) is 3.98. The molecule has 0 bridgehead atoms. The smallest absolute Gasteiger partial charge is 0.263 e. The molecule has 2 aromatic rings. The first-order valence-corrected chi connectivity index (χ1v) is 10.8. The Bertz CT molecular complexity index is 881. The highest BCUT2D eigenvalue weighted by Crippen LogP contribution is 2.37. The van der Waals surface area contributed by atoms with E-state index in [4.69, 9.17) is 10.7 Å². The van der Waals surface area contributed by atoms with Gasteiger partial charge in [0.25, 0.3) is 5.56 Å². The number of hydrogen-bond donors (Lipinski definition) is 1. The normalized spacial score (nSPS) is 19.2. The van der Waals surface area contributed by atoms with Crippen molar-refractivity contribution in [3.05, 3.63) is 20.8 Å². The maximum absolute atomic E-state index is 13.4. The second-order valence-electron chi connectivity index (χ2n) is 7.06. The van der Waals surface area contributed by atoms with E-state index in [9.17, 15) is 9.59 Å². The fraction of sp³-hybridized carbons (Fsp3) is 0.611. The lowest BCUT2D eigenvalue weighted by atomic mass is 9.97. The van der Waals surface area contributed by atoms with E-state index in [-0.39, 0.29) is 17.5 Å². The van der Waals surface area contributed by atoms with Crippen LogP contribution in [0.2, 0.25) is 0 Å². The molecule has 0 aromatic carbocycles. The molecule has 2 aliphatic carbocycles. The third kappa shape index (κ3) is 3.01.